The third kappa shape index (κ3) is 21.1. The van der Waals surface area contributed by atoms with Crippen LogP contribution in [0.5, 0.6) is 11.5 Å². The highest BCUT2D eigenvalue weighted by molar-refractivity contribution is 6.22. The van der Waals surface area contributed by atoms with E-state index < -0.39 is 23.3 Å². The number of hydrogen-bond acceptors (Lipinski definition) is 17. The van der Waals surface area contributed by atoms with E-state index in [4.69, 9.17) is 15.2 Å². The fourth-order valence-electron chi connectivity index (χ4n) is 11.2. The number of carbonyl (C=O) groups excluding carboxylic acids is 8. The van der Waals surface area contributed by atoms with Crippen LogP contribution in [0.3, 0.4) is 0 Å². The molecule has 104 heavy (non-hydrogen) atoms. The normalized spacial score (nSPS) is 12.8. The average molecular weight is 1410 g/mol. The van der Waals surface area contributed by atoms with Gasteiger partial charge in [-0.3, -0.25) is 53.1 Å². The average Bonchev–Trinajstić information content (AvgIpc) is 1.67. The van der Waals surface area contributed by atoms with E-state index in [1.54, 1.807) is 72.9 Å². The lowest BCUT2D eigenvalue weighted by molar-refractivity contribution is -0.131. The molecule has 3 aliphatic heterocycles. The van der Waals surface area contributed by atoms with Crippen LogP contribution in [0.4, 0.5) is 5.82 Å². The summed E-state index contributed by atoms with van der Waals surface area (Å²) in [4.78, 5) is 122. The SMILES string of the molecule is C=C(CCN1C(=O)c2ccccc2C1=O)CNC(=O)CCCC(=O)NN=C(N)CCN1C(=O)c2ccccc2C1=O.CC(C)(O)C(=O)/C=C/c1ccc2c(c1)OCO2.CCCNc1cc(-c2cc(CO)ccn2)c2cc[nH]c2n1.CCN(CCCc1ccccc1)C(=O)CCc1nc2ccccc2[nH]1. The number of aliphatic hydroxyl groups excluding tert-OH is 1. The van der Waals surface area contributed by atoms with Crippen molar-refractivity contribution >= 4 is 86.9 Å². The molecule has 12 rings (SSSR count). The minimum Gasteiger partial charge on any atom is -0.454 e. The van der Waals surface area contributed by atoms with Gasteiger partial charge in [-0.25, -0.2) is 15.4 Å². The third-order valence-corrected chi connectivity index (χ3v) is 17.0. The molecule has 9 aromatic rings. The fourth-order valence-corrected chi connectivity index (χ4v) is 11.2. The number of pyridine rings is 2. The number of aromatic amines is 2. The number of nitrogens with one attached hydrogen (secondary N) is 5. The quantitative estimate of drug-likeness (QED) is 0.00539. The van der Waals surface area contributed by atoms with Gasteiger partial charge in [-0.1, -0.05) is 97.9 Å². The van der Waals surface area contributed by atoms with Crippen molar-refractivity contribution in [3.8, 4) is 22.8 Å². The molecule has 0 spiro atoms. The van der Waals surface area contributed by atoms with Crippen molar-refractivity contribution in [1.82, 2.24) is 50.4 Å². The van der Waals surface area contributed by atoms with Crippen LogP contribution in [-0.2, 0) is 38.6 Å². The second kappa shape index (κ2) is 37.1. The molecule has 7 heterocycles. The number of carbonyl (C=O) groups is 8. The summed E-state index contributed by atoms with van der Waals surface area (Å²) < 4.78 is 10.4. The molecule has 5 aromatic carbocycles. The lowest BCUT2D eigenvalue weighted by Crippen LogP contribution is -2.34. The van der Waals surface area contributed by atoms with Crippen LogP contribution in [0, 0.1) is 0 Å². The van der Waals surface area contributed by atoms with Gasteiger partial charge in [0, 0.05) is 94.7 Å². The summed E-state index contributed by atoms with van der Waals surface area (Å²) in [6, 6.07) is 44.7. The zero-order valence-corrected chi connectivity index (χ0v) is 58.8. The second-order valence-corrected chi connectivity index (χ2v) is 25.2. The first kappa shape index (κ1) is 76.2. The van der Waals surface area contributed by atoms with Crippen LogP contribution < -0.4 is 31.3 Å². The number of amidine groups is 1. The number of rotatable bonds is 29. The highest BCUT2D eigenvalue weighted by Crippen LogP contribution is 2.34. The number of nitrogens with zero attached hydrogens (tertiary/aromatic N) is 7. The molecule has 0 aliphatic carbocycles. The molecule has 0 radical (unpaired) electrons. The number of nitrogens with two attached hydrogens (primary N) is 1. The maximum atomic E-state index is 12.5. The van der Waals surface area contributed by atoms with E-state index in [2.05, 4.69) is 83.8 Å². The predicted octanol–water partition coefficient (Wildman–Crippen LogP) is 10.3. The molecule has 0 bridgehead atoms. The zero-order valence-electron chi connectivity index (χ0n) is 58.8. The number of ketones is 1. The molecule has 4 aromatic heterocycles. The molecule has 0 fully saturated rings. The van der Waals surface area contributed by atoms with Gasteiger partial charge in [0.2, 0.25) is 24.5 Å². The lowest BCUT2D eigenvalue weighted by atomic mass is 10.0. The van der Waals surface area contributed by atoms with E-state index in [9.17, 15) is 48.6 Å². The first-order valence-electron chi connectivity index (χ1n) is 34.5. The number of aromatic nitrogens is 5. The van der Waals surface area contributed by atoms with E-state index in [0.717, 1.165) is 99.9 Å². The van der Waals surface area contributed by atoms with Gasteiger partial charge in [0.15, 0.2) is 17.3 Å². The summed E-state index contributed by atoms with van der Waals surface area (Å²) in [7, 11) is 0. The second-order valence-electron chi connectivity index (χ2n) is 25.2. The summed E-state index contributed by atoms with van der Waals surface area (Å²) >= 11 is 0. The van der Waals surface area contributed by atoms with Crippen LogP contribution in [-0.4, -0.2) is 154 Å². The number of fused-ring (bicyclic) bond motifs is 5. The Hall–Kier alpha value is -12.0. The number of ether oxygens (including phenoxy) is 2. The molecule has 540 valence electrons. The number of H-pyrrole nitrogens is 2. The van der Waals surface area contributed by atoms with Crippen molar-refractivity contribution in [3.05, 3.63) is 221 Å². The van der Waals surface area contributed by atoms with Gasteiger partial charge in [-0.15, -0.1) is 0 Å². The monoisotopic (exact) mass is 1410 g/mol. The smallest absolute Gasteiger partial charge is 0.261 e. The summed E-state index contributed by atoms with van der Waals surface area (Å²) in [6.07, 6.45) is 11.6. The summed E-state index contributed by atoms with van der Waals surface area (Å²) in [5.74, 6) is 0.823. The largest absolute Gasteiger partial charge is 0.454 e. The molecule has 7 amide bonds. The van der Waals surface area contributed by atoms with Crippen LogP contribution in [0.15, 0.2) is 181 Å². The number of aliphatic hydroxyl groups is 2. The van der Waals surface area contributed by atoms with Crippen LogP contribution >= 0.6 is 0 Å². The Kier molecular flexibility index (Phi) is 27.2. The molecule has 3 aliphatic rings. The van der Waals surface area contributed by atoms with Crippen molar-refractivity contribution in [1.29, 1.82) is 0 Å². The standard InChI is InChI=1S/C29H30N6O6.C21H25N3O.C16H18N4O.C13H14O4/c1-18(13-15-34-26(38)19-7-2-3-8-20(19)27(34)39)17-31-24(36)11-6-12-25(37)33-32-23(30)14-16-35-28(40)21-9-4-5-10-22(21)29(35)41;1-2-24(16-8-11-17-9-4-3-5-10-17)21(25)15-14-20-22-18-12-6-7-13-19(18)23-20;1-2-5-18-15-9-13(12-4-7-19-16(12)20-15)14-8-11(10-21)3-6-17-14;1-13(2,15)12(14)6-4-9-3-5-10-11(7-9)17-8-16-10/h2-5,7-10H,1,6,11-17H2,(H2,30,32)(H,31,36)(H,33,37);3-7,9-10,12-13H,2,8,11,14-16H2,1H3,(H,22,23);3-4,6-9,21H,2,5,10H2,1H3,(H2,18,19,20);3-7,15H,8H2,1-2H3/b;;;6-4+. The Morgan fingerprint density at radius 1 is 0.712 bits per heavy atom. The number of hydrogen-bond donors (Lipinski definition) is 8. The number of imidazole rings is 1. The molecule has 0 atom stereocenters. The Balaban J connectivity index is 0.000000171. The molecular formula is C79H87N13O12. The van der Waals surface area contributed by atoms with E-state index in [-0.39, 0.29) is 94.0 Å². The summed E-state index contributed by atoms with van der Waals surface area (Å²) in [5, 5.41) is 29.6. The van der Waals surface area contributed by atoms with Gasteiger partial charge < -0.3 is 50.9 Å². The predicted molar refractivity (Wildman–Crippen MR) is 397 cm³/mol. The Bertz CT molecular complexity index is 4510. The first-order chi connectivity index (χ1) is 50.2. The lowest BCUT2D eigenvalue weighted by Gasteiger charge is -2.20. The Morgan fingerprint density at radius 2 is 1.36 bits per heavy atom. The fraction of sp³-hybridized carbons (Fsp3) is 0.291. The van der Waals surface area contributed by atoms with Gasteiger partial charge in [0.25, 0.3) is 23.6 Å². The molecule has 25 nitrogen and oxygen atoms in total. The highest BCUT2D eigenvalue weighted by Gasteiger charge is 2.36. The van der Waals surface area contributed by atoms with E-state index in [1.165, 1.54) is 30.4 Å². The van der Waals surface area contributed by atoms with Crippen molar-refractivity contribution in [2.24, 2.45) is 10.8 Å². The molecule has 25 heteroatoms. The minimum atomic E-state index is -1.34. The molecule has 0 saturated carbocycles. The van der Waals surface area contributed by atoms with Crippen molar-refractivity contribution < 1.29 is 58.0 Å². The van der Waals surface area contributed by atoms with Crippen LogP contribution in [0.2, 0.25) is 0 Å². The number of imide groups is 2. The van der Waals surface area contributed by atoms with Crippen molar-refractivity contribution in [3.63, 3.8) is 0 Å². The van der Waals surface area contributed by atoms with Gasteiger partial charge in [-0.2, -0.15) is 5.10 Å². The van der Waals surface area contributed by atoms with Crippen molar-refractivity contribution in [2.75, 3.05) is 51.4 Å². The number of aryl methyl sites for hydroxylation is 2. The van der Waals surface area contributed by atoms with Crippen LogP contribution in [0.25, 0.3) is 39.4 Å². The van der Waals surface area contributed by atoms with Gasteiger partial charge in [0.1, 0.15) is 28.7 Å². The topological polar surface area (TPSA) is 350 Å². The van der Waals surface area contributed by atoms with Gasteiger partial charge in [0.05, 0.1) is 45.6 Å². The maximum Gasteiger partial charge on any atom is 0.261 e. The highest BCUT2D eigenvalue weighted by atomic mass is 16.7. The zero-order chi connectivity index (χ0) is 74.1. The van der Waals surface area contributed by atoms with Crippen molar-refractivity contribution in [2.45, 2.75) is 104 Å². The maximum absolute atomic E-state index is 12.5. The van der Waals surface area contributed by atoms with E-state index in [1.807, 2.05) is 78.7 Å². The van der Waals surface area contributed by atoms with Gasteiger partial charge >= 0.3 is 0 Å². The number of para-hydroxylation sites is 2. The molecular weight excluding hydrogens is 1320 g/mol. The summed E-state index contributed by atoms with van der Waals surface area (Å²) in [6.45, 7) is 14.0. The number of anilines is 1. The number of amides is 7. The van der Waals surface area contributed by atoms with E-state index >= 15 is 0 Å². The van der Waals surface area contributed by atoms with Gasteiger partial charge in [-0.05, 0) is 148 Å². The van der Waals surface area contributed by atoms with Crippen LogP contribution in [0.1, 0.15) is 143 Å². The molecule has 9 N–H and O–H groups in total. The Morgan fingerprint density at radius 3 is 2.01 bits per heavy atom. The number of benzene rings is 5. The van der Waals surface area contributed by atoms with E-state index in [0.29, 0.717) is 58.6 Å². The number of hydrazone groups is 1. The Labute approximate surface area is 602 Å². The third-order valence-electron chi connectivity index (χ3n) is 17.0. The first-order valence-corrected chi connectivity index (χ1v) is 34.5. The molecule has 0 saturated heterocycles. The molecule has 0 unspecified atom stereocenters. The summed E-state index contributed by atoms with van der Waals surface area (Å²) in [5.41, 5.74) is 16.6. The minimum absolute atomic E-state index is 0.0117.